The third-order valence-corrected chi connectivity index (χ3v) is 3.99. The predicted molar refractivity (Wildman–Crippen MR) is 70.6 cm³/mol. The number of halogens is 1. The molecule has 14 heavy (non-hydrogen) atoms. The van der Waals surface area contributed by atoms with Crippen molar-refractivity contribution in [3.63, 3.8) is 0 Å². The number of rotatable bonds is 6. The van der Waals surface area contributed by atoms with E-state index >= 15 is 0 Å². The summed E-state index contributed by atoms with van der Waals surface area (Å²) < 4.78 is 0. The minimum absolute atomic E-state index is 0.883. The molecule has 3 heteroatoms. The van der Waals surface area contributed by atoms with Crippen molar-refractivity contribution in [1.29, 1.82) is 0 Å². The standard InChI is InChI=1S/C11H22BrNS/c1-14-10-9-13(8-7-12)11-5-3-2-4-6-11/h11H,2-10H2,1H3. The number of hydrogen-bond acceptors (Lipinski definition) is 2. The van der Waals surface area contributed by atoms with Gasteiger partial charge in [0.25, 0.3) is 0 Å². The lowest BCUT2D eigenvalue weighted by atomic mass is 9.94. The highest BCUT2D eigenvalue weighted by molar-refractivity contribution is 9.09. The van der Waals surface area contributed by atoms with Crippen LogP contribution in [0.25, 0.3) is 0 Å². The Morgan fingerprint density at radius 2 is 1.93 bits per heavy atom. The van der Waals surface area contributed by atoms with Gasteiger partial charge in [-0.15, -0.1) is 0 Å². The molecular formula is C11H22BrNS. The van der Waals surface area contributed by atoms with Gasteiger partial charge in [-0.05, 0) is 19.1 Å². The molecule has 1 aliphatic carbocycles. The number of thioether (sulfide) groups is 1. The number of nitrogens with zero attached hydrogens (tertiary/aromatic N) is 1. The van der Waals surface area contributed by atoms with Crippen LogP contribution in [0.5, 0.6) is 0 Å². The molecule has 0 aromatic rings. The van der Waals surface area contributed by atoms with Crippen molar-refractivity contribution in [3.05, 3.63) is 0 Å². The average Bonchev–Trinajstić information content (AvgIpc) is 2.25. The Morgan fingerprint density at radius 1 is 1.21 bits per heavy atom. The summed E-state index contributed by atoms with van der Waals surface area (Å²) >= 11 is 5.52. The lowest BCUT2D eigenvalue weighted by Crippen LogP contribution is -2.39. The molecule has 0 amide bonds. The summed E-state index contributed by atoms with van der Waals surface area (Å²) in [5.41, 5.74) is 0. The van der Waals surface area contributed by atoms with Gasteiger partial charge in [-0.3, -0.25) is 4.90 Å². The first-order valence-corrected chi connectivity index (χ1v) is 8.19. The Morgan fingerprint density at radius 3 is 2.50 bits per heavy atom. The second-order valence-electron chi connectivity index (χ2n) is 4.01. The van der Waals surface area contributed by atoms with Crippen molar-refractivity contribution >= 4 is 27.7 Å². The van der Waals surface area contributed by atoms with Crippen LogP contribution in [-0.2, 0) is 0 Å². The maximum atomic E-state index is 3.56. The quantitative estimate of drug-likeness (QED) is 0.686. The third-order valence-electron chi connectivity index (χ3n) is 3.05. The molecule has 0 aromatic heterocycles. The van der Waals surface area contributed by atoms with Crippen molar-refractivity contribution in [3.8, 4) is 0 Å². The number of hydrogen-bond donors (Lipinski definition) is 0. The van der Waals surface area contributed by atoms with E-state index in [1.165, 1.54) is 50.9 Å². The van der Waals surface area contributed by atoms with E-state index in [4.69, 9.17) is 0 Å². The van der Waals surface area contributed by atoms with Gasteiger partial charge >= 0.3 is 0 Å². The highest BCUT2D eigenvalue weighted by Gasteiger charge is 2.19. The van der Waals surface area contributed by atoms with E-state index in [9.17, 15) is 0 Å². The zero-order chi connectivity index (χ0) is 10.2. The summed E-state index contributed by atoms with van der Waals surface area (Å²) in [6.07, 6.45) is 9.42. The monoisotopic (exact) mass is 279 g/mol. The fourth-order valence-electron chi connectivity index (χ4n) is 2.24. The van der Waals surface area contributed by atoms with Crippen LogP contribution >= 0.6 is 27.7 Å². The van der Waals surface area contributed by atoms with Gasteiger partial charge in [0, 0.05) is 30.2 Å². The van der Waals surface area contributed by atoms with Crippen LogP contribution in [0.4, 0.5) is 0 Å². The Balaban J connectivity index is 2.30. The molecule has 0 saturated heterocycles. The van der Waals surface area contributed by atoms with Gasteiger partial charge in [0.1, 0.15) is 0 Å². The Kier molecular flexibility index (Phi) is 7.35. The minimum Gasteiger partial charge on any atom is -0.299 e. The van der Waals surface area contributed by atoms with Gasteiger partial charge in [-0.1, -0.05) is 35.2 Å². The molecule has 0 N–H and O–H groups in total. The molecule has 0 aliphatic heterocycles. The van der Waals surface area contributed by atoms with Gasteiger partial charge in [0.15, 0.2) is 0 Å². The van der Waals surface area contributed by atoms with Gasteiger partial charge in [-0.25, -0.2) is 0 Å². The highest BCUT2D eigenvalue weighted by atomic mass is 79.9. The number of alkyl halides is 1. The van der Waals surface area contributed by atoms with Crippen LogP contribution in [0, 0.1) is 0 Å². The van der Waals surface area contributed by atoms with Crippen LogP contribution in [0.2, 0.25) is 0 Å². The van der Waals surface area contributed by atoms with Crippen molar-refractivity contribution in [2.45, 2.75) is 38.1 Å². The Hall–Kier alpha value is 0.790. The molecular weight excluding hydrogens is 258 g/mol. The summed E-state index contributed by atoms with van der Waals surface area (Å²) in [6.45, 7) is 2.50. The molecule has 1 saturated carbocycles. The van der Waals surface area contributed by atoms with Crippen molar-refractivity contribution in [2.24, 2.45) is 0 Å². The summed E-state index contributed by atoms with van der Waals surface area (Å²) in [5, 5.41) is 1.12. The lowest BCUT2D eigenvalue weighted by molar-refractivity contribution is 0.175. The second kappa shape index (κ2) is 8.00. The molecule has 0 unspecified atom stereocenters. The van der Waals surface area contributed by atoms with Gasteiger partial charge in [0.05, 0.1) is 0 Å². The fraction of sp³-hybridized carbons (Fsp3) is 1.00. The summed E-state index contributed by atoms with van der Waals surface area (Å²) in [4.78, 5) is 2.68. The maximum absolute atomic E-state index is 3.56. The third kappa shape index (κ3) is 4.54. The molecule has 1 fully saturated rings. The first-order valence-electron chi connectivity index (χ1n) is 5.67. The van der Waals surface area contributed by atoms with Crippen molar-refractivity contribution in [1.82, 2.24) is 4.90 Å². The normalized spacial score (nSPS) is 19.1. The predicted octanol–water partition coefficient (Wildman–Crippen LogP) is 3.38. The molecule has 0 heterocycles. The van der Waals surface area contributed by atoms with E-state index in [2.05, 4.69) is 27.1 Å². The largest absolute Gasteiger partial charge is 0.299 e. The van der Waals surface area contributed by atoms with Gasteiger partial charge in [0.2, 0.25) is 0 Å². The van der Waals surface area contributed by atoms with E-state index in [1.807, 2.05) is 11.8 Å². The van der Waals surface area contributed by atoms with E-state index in [0.717, 1.165) is 11.4 Å². The van der Waals surface area contributed by atoms with Crippen LogP contribution < -0.4 is 0 Å². The van der Waals surface area contributed by atoms with Crippen LogP contribution in [0.3, 0.4) is 0 Å². The zero-order valence-corrected chi connectivity index (χ0v) is 11.6. The van der Waals surface area contributed by atoms with Gasteiger partial charge < -0.3 is 0 Å². The lowest BCUT2D eigenvalue weighted by Gasteiger charge is -2.33. The van der Waals surface area contributed by atoms with E-state index in [0.29, 0.717) is 0 Å². The van der Waals surface area contributed by atoms with E-state index in [1.54, 1.807) is 0 Å². The molecule has 0 radical (unpaired) electrons. The molecule has 1 nitrogen and oxygen atoms in total. The summed E-state index contributed by atoms with van der Waals surface area (Å²) in [5.74, 6) is 1.28. The summed E-state index contributed by atoms with van der Waals surface area (Å²) in [6, 6.07) is 0.883. The molecule has 0 bridgehead atoms. The van der Waals surface area contributed by atoms with E-state index < -0.39 is 0 Å². The van der Waals surface area contributed by atoms with Crippen LogP contribution in [0.15, 0.2) is 0 Å². The maximum Gasteiger partial charge on any atom is 0.0159 e. The minimum atomic E-state index is 0.883. The zero-order valence-electron chi connectivity index (χ0n) is 9.17. The highest BCUT2D eigenvalue weighted by Crippen LogP contribution is 2.22. The first kappa shape index (κ1) is 12.9. The molecule has 1 aliphatic rings. The summed E-state index contributed by atoms with van der Waals surface area (Å²) in [7, 11) is 0. The smallest absolute Gasteiger partial charge is 0.0159 e. The fourth-order valence-corrected chi connectivity index (χ4v) is 3.11. The SMILES string of the molecule is CSCCN(CCBr)C1CCCCC1. The van der Waals surface area contributed by atoms with Crippen LogP contribution in [-0.4, -0.2) is 41.4 Å². The van der Waals surface area contributed by atoms with Gasteiger partial charge in [-0.2, -0.15) is 11.8 Å². The van der Waals surface area contributed by atoms with Crippen LogP contribution in [0.1, 0.15) is 32.1 Å². The van der Waals surface area contributed by atoms with Crippen molar-refractivity contribution in [2.75, 3.05) is 30.4 Å². The Labute approximate surface area is 101 Å². The second-order valence-corrected chi connectivity index (χ2v) is 5.79. The molecule has 0 atom stereocenters. The Bertz CT molecular complexity index is 137. The molecule has 1 rings (SSSR count). The van der Waals surface area contributed by atoms with E-state index in [-0.39, 0.29) is 0 Å². The van der Waals surface area contributed by atoms with Crippen molar-refractivity contribution < 1.29 is 0 Å². The molecule has 84 valence electrons. The molecule has 0 spiro atoms. The first-order chi connectivity index (χ1) is 6.88. The topological polar surface area (TPSA) is 3.24 Å². The average molecular weight is 280 g/mol. The molecule has 0 aromatic carbocycles.